The molecule has 0 bridgehead atoms. The van der Waals surface area contributed by atoms with Gasteiger partial charge in [-0.15, -0.1) is 0 Å². The third kappa shape index (κ3) is 3.99. The van der Waals surface area contributed by atoms with Gasteiger partial charge in [-0.2, -0.15) is 0 Å². The zero-order chi connectivity index (χ0) is 34.6. The van der Waals surface area contributed by atoms with Crippen LogP contribution in [0.25, 0.3) is 87.3 Å². The molecule has 0 amide bonds. The first-order chi connectivity index (χ1) is 26.3. The van der Waals surface area contributed by atoms with Gasteiger partial charge in [0, 0.05) is 38.2 Å². The Labute approximate surface area is 304 Å². The molecule has 0 spiro atoms. The van der Waals surface area contributed by atoms with E-state index < -0.39 is 0 Å². The van der Waals surface area contributed by atoms with Crippen molar-refractivity contribution in [3.8, 4) is 16.9 Å². The zero-order valence-electron chi connectivity index (χ0n) is 28.5. The second-order valence-corrected chi connectivity index (χ2v) is 14.2. The van der Waals surface area contributed by atoms with E-state index in [1.807, 2.05) is 12.1 Å². The molecular weight excluding hydrogens is 649 g/mol. The summed E-state index contributed by atoms with van der Waals surface area (Å²) in [6.07, 6.45) is -0.262. The van der Waals surface area contributed by atoms with Gasteiger partial charge in [0.05, 0.1) is 5.92 Å². The number of furan rings is 2. The summed E-state index contributed by atoms with van der Waals surface area (Å²) in [6, 6.07) is 60.5. The fourth-order valence-electron chi connectivity index (χ4n) is 9.28. The minimum absolute atomic E-state index is 0.153. The molecule has 0 fully saturated rings. The molecule has 3 heterocycles. The van der Waals surface area contributed by atoms with Crippen LogP contribution in [0.3, 0.4) is 0 Å². The van der Waals surface area contributed by atoms with Crippen molar-refractivity contribution >= 4 is 76.2 Å². The third-order valence-corrected chi connectivity index (χ3v) is 11.5. The van der Waals surface area contributed by atoms with Crippen LogP contribution in [-0.4, -0.2) is 0 Å². The van der Waals surface area contributed by atoms with E-state index >= 15 is 0 Å². The molecule has 3 nitrogen and oxygen atoms in total. The molecule has 0 radical (unpaired) electrons. The van der Waals surface area contributed by atoms with E-state index in [0.717, 1.165) is 66.3 Å². The Morgan fingerprint density at radius 1 is 0.358 bits per heavy atom. The Bertz CT molecular complexity index is 3220. The van der Waals surface area contributed by atoms with E-state index in [2.05, 4.69) is 158 Å². The summed E-state index contributed by atoms with van der Waals surface area (Å²) in [7, 11) is 0. The van der Waals surface area contributed by atoms with Crippen LogP contribution >= 0.6 is 0 Å². The Morgan fingerprint density at radius 3 is 1.60 bits per heavy atom. The topological polar surface area (TPSA) is 35.5 Å². The maximum absolute atomic E-state index is 7.05. The summed E-state index contributed by atoms with van der Waals surface area (Å²) in [5, 5.41) is 11.6. The maximum atomic E-state index is 7.05. The van der Waals surface area contributed by atoms with Crippen LogP contribution < -0.4 is 4.74 Å². The zero-order valence-corrected chi connectivity index (χ0v) is 28.5. The number of hydrogen-bond acceptors (Lipinski definition) is 3. The van der Waals surface area contributed by atoms with Gasteiger partial charge < -0.3 is 13.6 Å². The number of para-hydroxylation sites is 2. The Hall–Kier alpha value is -6.84. The first-order valence-electron chi connectivity index (χ1n) is 18.2. The molecule has 0 N–H and O–H groups in total. The first-order valence-corrected chi connectivity index (χ1v) is 18.2. The van der Waals surface area contributed by atoms with Crippen molar-refractivity contribution in [2.24, 2.45) is 0 Å². The first kappa shape index (κ1) is 28.8. The largest absolute Gasteiger partial charge is 0.484 e. The molecule has 12 rings (SSSR count). The van der Waals surface area contributed by atoms with Crippen molar-refractivity contribution in [2.45, 2.75) is 12.0 Å². The molecule has 9 aromatic carbocycles. The molecule has 2 atom stereocenters. The molecular formula is C50H30O3. The minimum atomic E-state index is -0.262. The summed E-state index contributed by atoms with van der Waals surface area (Å²) in [5.41, 5.74) is 9.35. The van der Waals surface area contributed by atoms with Crippen molar-refractivity contribution in [3.05, 3.63) is 187 Å². The number of rotatable bonds is 3. The highest BCUT2D eigenvalue weighted by Crippen LogP contribution is 2.57. The molecule has 1 aliphatic rings. The molecule has 2 aromatic heterocycles. The quantitative estimate of drug-likeness (QED) is 0.175. The van der Waals surface area contributed by atoms with Crippen molar-refractivity contribution in [1.82, 2.24) is 0 Å². The van der Waals surface area contributed by atoms with Crippen LogP contribution in [0, 0.1) is 0 Å². The van der Waals surface area contributed by atoms with E-state index in [0.29, 0.717) is 0 Å². The van der Waals surface area contributed by atoms with Gasteiger partial charge >= 0.3 is 0 Å². The molecule has 1 aliphatic heterocycles. The van der Waals surface area contributed by atoms with Gasteiger partial charge in [-0.05, 0) is 73.8 Å². The maximum Gasteiger partial charge on any atom is 0.143 e. The fourth-order valence-corrected chi connectivity index (χ4v) is 9.28. The number of hydrogen-bond donors (Lipinski definition) is 0. The van der Waals surface area contributed by atoms with E-state index in [-0.39, 0.29) is 12.0 Å². The molecule has 53 heavy (non-hydrogen) atoms. The van der Waals surface area contributed by atoms with Crippen LogP contribution in [0.2, 0.25) is 0 Å². The van der Waals surface area contributed by atoms with Crippen LogP contribution in [0.1, 0.15) is 28.7 Å². The predicted octanol–water partition coefficient (Wildman–Crippen LogP) is 13.9. The summed E-state index contributed by atoms with van der Waals surface area (Å²) >= 11 is 0. The summed E-state index contributed by atoms with van der Waals surface area (Å²) < 4.78 is 20.7. The average molecular weight is 679 g/mol. The molecule has 0 saturated carbocycles. The second kappa shape index (κ2) is 10.8. The lowest BCUT2D eigenvalue weighted by molar-refractivity contribution is 0.223. The highest BCUT2D eigenvalue weighted by Gasteiger charge is 2.41. The monoisotopic (exact) mass is 678 g/mol. The lowest BCUT2D eigenvalue weighted by Crippen LogP contribution is -2.12. The van der Waals surface area contributed by atoms with Gasteiger partial charge in [-0.3, -0.25) is 0 Å². The van der Waals surface area contributed by atoms with Gasteiger partial charge in [0.2, 0.25) is 0 Å². The lowest BCUT2D eigenvalue weighted by Gasteiger charge is -2.25. The van der Waals surface area contributed by atoms with Gasteiger partial charge in [0.1, 0.15) is 34.2 Å². The Balaban J connectivity index is 1.25. The minimum Gasteiger partial charge on any atom is -0.484 e. The molecule has 0 saturated heterocycles. The number of fused-ring (bicyclic) bond motifs is 11. The van der Waals surface area contributed by atoms with E-state index in [1.54, 1.807) is 0 Å². The third-order valence-electron chi connectivity index (χ3n) is 11.5. The Kier molecular flexibility index (Phi) is 5.89. The number of benzene rings is 9. The summed E-state index contributed by atoms with van der Waals surface area (Å²) in [5.74, 6) is 0.713. The fraction of sp³-hybridized carbons (Fsp3) is 0.0400. The second-order valence-electron chi connectivity index (χ2n) is 14.2. The van der Waals surface area contributed by atoms with Gasteiger partial charge in [0.15, 0.2) is 0 Å². The van der Waals surface area contributed by atoms with Crippen LogP contribution in [-0.2, 0) is 0 Å². The highest BCUT2D eigenvalue weighted by molar-refractivity contribution is 6.26. The van der Waals surface area contributed by atoms with Crippen molar-refractivity contribution in [2.75, 3.05) is 0 Å². The summed E-state index contributed by atoms with van der Waals surface area (Å²) in [4.78, 5) is 0. The van der Waals surface area contributed by atoms with Crippen LogP contribution in [0.5, 0.6) is 5.75 Å². The van der Waals surface area contributed by atoms with E-state index in [9.17, 15) is 0 Å². The molecule has 11 aromatic rings. The predicted molar refractivity (Wildman–Crippen MR) is 217 cm³/mol. The van der Waals surface area contributed by atoms with Gasteiger partial charge in [-0.1, -0.05) is 140 Å². The Morgan fingerprint density at radius 2 is 0.906 bits per heavy atom. The standard InChI is InChI=1S/C50H30O3/c1-2-14-29(15-3-1)48-47(46-42(53-48)27-26-38-32-18-10-12-24-40(32)51-49(38)46)44-36-22-8-6-20-34(36)43(35-21-7-9-23-37(35)44)45-31-17-5-4-16-30(31)28-39-33-19-11-13-25-41(33)52-50(39)45/h1-28,47-48H. The van der Waals surface area contributed by atoms with Crippen LogP contribution in [0.4, 0.5) is 0 Å². The number of ether oxygens (including phenoxy) is 1. The summed E-state index contributed by atoms with van der Waals surface area (Å²) in [6.45, 7) is 0. The normalized spacial score (nSPS) is 15.7. The average Bonchev–Trinajstić information content (AvgIpc) is 3.91. The molecule has 0 aliphatic carbocycles. The SMILES string of the molecule is c1ccc(C2Oc3ccc4c(oc5ccccc54)c3C2c2c3ccccc3c(-c3c4ccccc4cc4c3oc3ccccc34)c3ccccc23)cc1. The van der Waals surface area contributed by atoms with E-state index in [1.165, 1.54) is 43.4 Å². The van der Waals surface area contributed by atoms with Crippen LogP contribution in [0.15, 0.2) is 179 Å². The van der Waals surface area contributed by atoms with Gasteiger partial charge in [0.25, 0.3) is 0 Å². The molecule has 2 unspecified atom stereocenters. The van der Waals surface area contributed by atoms with Crippen molar-refractivity contribution in [3.63, 3.8) is 0 Å². The van der Waals surface area contributed by atoms with Crippen molar-refractivity contribution < 1.29 is 13.6 Å². The smallest absolute Gasteiger partial charge is 0.143 e. The van der Waals surface area contributed by atoms with E-state index in [4.69, 9.17) is 13.6 Å². The molecule has 3 heteroatoms. The molecule has 248 valence electrons. The lowest BCUT2D eigenvalue weighted by atomic mass is 9.77. The van der Waals surface area contributed by atoms with Gasteiger partial charge in [-0.25, -0.2) is 0 Å². The van der Waals surface area contributed by atoms with Crippen molar-refractivity contribution in [1.29, 1.82) is 0 Å². The highest BCUT2D eigenvalue weighted by atomic mass is 16.5.